The summed E-state index contributed by atoms with van der Waals surface area (Å²) >= 11 is 5.13. The maximum atomic E-state index is 12.3. The molecule has 4 nitrogen and oxygen atoms in total. The lowest BCUT2D eigenvalue weighted by Gasteiger charge is -2.16. The van der Waals surface area contributed by atoms with Crippen LogP contribution in [0.3, 0.4) is 0 Å². The van der Waals surface area contributed by atoms with Gasteiger partial charge >= 0.3 is 0 Å². The van der Waals surface area contributed by atoms with E-state index < -0.39 is 0 Å². The average molecular weight is 326 g/mol. The fourth-order valence-electron chi connectivity index (χ4n) is 2.10. The Kier molecular flexibility index (Phi) is 3.32. The molecular weight excluding hydrogens is 314 g/mol. The van der Waals surface area contributed by atoms with Crippen LogP contribution in [0.5, 0.6) is 0 Å². The normalized spacial score (nSPS) is 14.5. The Bertz CT molecular complexity index is 634. The first kappa shape index (κ1) is 12.1. The zero-order valence-corrected chi connectivity index (χ0v) is 12.1. The molecule has 3 heterocycles. The molecule has 0 aliphatic carbocycles. The van der Waals surface area contributed by atoms with E-state index in [1.165, 1.54) is 0 Å². The summed E-state index contributed by atoms with van der Waals surface area (Å²) in [4.78, 5) is 17.9. The predicted molar refractivity (Wildman–Crippen MR) is 75.0 cm³/mol. The van der Waals surface area contributed by atoms with Gasteiger partial charge in [0, 0.05) is 21.5 Å². The minimum Gasteiger partial charge on any atom is -0.311 e. The van der Waals surface area contributed by atoms with Crippen LogP contribution in [-0.4, -0.2) is 16.1 Å². The summed E-state index contributed by atoms with van der Waals surface area (Å²) in [5.41, 5.74) is 1.86. The quantitative estimate of drug-likeness (QED) is 0.915. The van der Waals surface area contributed by atoms with Crippen LogP contribution >= 0.6 is 27.3 Å². The van der Waals surface area contributed by atoms with Crippen molar-refractivity contribution in [2.24, 2.45) is 0 Å². The van der Waals surface area contributed by atoms with Crippen molar-refractivity contribution >= 4 is 27.3 Å². The second kappa shape index (κ2) is 4.95. The Balaban J connectivity index is 1.99. The van der Waals surface area contributed by atoms with Crippen molar-refractivity contribution in [2.45, 2.75) is 19.5 Å². The van der Waals surface area contributed by atoms with E-state index in [0.29, 0.717) is 13.1 Å². The van der Waals surface area contributed by atoms with E-state index in [1.54, 1.807) is 22.2 Å². The van der Waals surface area contributed by atoms with Crippen LogP contribution in [0.2, 0.25) is 0 Å². The lowest BCUT2D eigenvalue weighted by atomic mass is 10.1. The van der Waals surface area contributed by atoms with Gasteiger partial charge in [-0.15, -0.1) is 11.3 Å². The molecule has 6 heteroatoms. The van der Waals surface area contributed by atoms with Gasteiger partial charge in [-0.05, 0) is 40.3 Å². The molecule has 0 spiro atoms. The molecule has 1 N–H and O–H groups in total. The third-order valence-corrected chi connectivity index (χ3v) is 4.98. The molecule has 0 atom stereocenters. The van der Waals surface area contributed by atoms with Gasteiger partial charge in [0.2, 0.25) is 0 Å². The summed E-state index contributed by atoms with van der Waals surface area (Å²) < 4.78 is 2.75. The summed E-state index contributed by atoms with van der Waals surface area (Å²) in [6, 6.07) is 2.00. The van der Waals surface area contributed by atoms with Crippen LogP contribution in [0, 0.1) is 0 Å². The number of halogens is 1. The Hall–Kier alpha value is -0.980. The van der Waals surface area contributed by atoms with Crippen molar-refractivity contribution in [3.05, 3.63) is 48.7 Å². The van der Waals surface area contributed by atoms with Crippen molar-refractivity contribution in [1.82, 2.24) is 14.9 Å². The molecule has 1 aliphatic rings. The monoisotopic (exact) mass is 325 g/mol. The van der Waals surface area contributed by atoms with Crippen LogP contribution in [-0.2, 0) is 19.5 Å². The lowest BCUT2D eigenvalue weighted by molar-refractivity contribution is 0.597. The molecule has 0 saturated heterocycles. The molecule has 0 aromatic carbocycles. The fourth-order valence-corrected chi connectivity index (χ4v) is 3.57. The van der Waals surface area contributed by atoms with E-state index in [-0.39, 0.29) is 5.56 Å². The smallest absolute Gasteiger partial charge is 0.257 e. The van der Waals surface area contributed by atoms with Crippen molar-refractivity contribution in [3.63, 3.8) is 0 Å². The second-order valence-electron chi connectivity index (χ2n) is 4.22. The van der Waals surface area contributed by atoms with E-state index in [9.17, 15) is 4.79 Å². The molecule has 3 rings (SSSR count). The fraction of sp³-hybridized carbons (Fsp3) is 0.333. The highest BCUT2D eigenvalue weighted by molar-refractivity contribution is 9.10. The molecule has 2 aromatic heterocycles. The number of hydrogen-bond donors (Lipinski definition) is 1. The van der Waals surface area contributed by atoms with E-state index in [2.05, 4.69) is 26.2 Å². The summed E-state index contributed by atoms with van der Waals surface area (Å²) in [6.07, 6.45) is 2.42. The van der Waals surface area contributed by atoms with Gasteiger partial charge in [-0.3, -0.25) is 9.36 Å². The van der Waals surface area contributed by atoms with Gasteiger partial charge in [-0.2, -0.15) is 0 Å². The predicted octanol–water partition coefficient (Wildman–Crippen LogP) is 1.76. The van der Waals surface area contributed by atoms with Crippen LogP contribution < -0.4 is 10.9 Å². The summed E-state index contributed by atoms with van der Waals surface area (Å²) in [7, 11) is 0. The molecule has 0 unspecified atom stereocenters. The molecule has 0 radical (unpaired) electrons. The van der Waals surface area contributed by atoms with Crippen LogP contribution in [0.4, 0.5) is 0 Å². The van der Waals surface area contributed by atoms with E-state index in [0.717, 1.165) is 33.6 Å². The largest absolute Gasteiger partial charge is 0.311 e. The lowest BCUT2D eigenvalue weighted by Crippen LogP contribution is -2.34. The molecule has 18 heavy (non-hydrogen) atoms. The summed E-state index contributed by atoms with van der Waals surface area (Å²) in [5.74, 6) is 0. The number of nitrogens with one attached hydrogen (secondary N) is 1. The number of fused-ring (bicyclic) bond motifs is 1. The molecule has 0 bridgehead atoms. The molecule has 2 aromatic rings. The third-order valence-electron chi connectivity index (χ3n) is 3.07. The van der Waals surface area contributed by atoms with Gasteiger partial charge in [0.1, 0.15) is 0 Å². The van der Waals surface area contributed by atoms with Gasteiger partial charge in [0.25, 0.3) is 5.56 Å². The van der Waals surface area contributed by atoms with Gasteiger partial charge < -0.3 is 5.32 Å². The molecule has 0 fully saturated rings. The average Bonchev–Trinajstić information content (AvgIpc) is 2.79. The summed E-state index contributed by atoms with van der Waals surface area (Å²) in [6.45, 7) is 2.15. The van der Waals surface area contributed by atoms with Crippen molar-refractivity contribution in [2.75, 3.05) is 6.54 Å². The maximum absolute atomic E-state index is 12.3. The van der Waals surface area contributed by atoms with E-state index in [4.69, 9.17) is 0 Å². The van der Waals surface area contributed by atoms with Gasteiger partial charge in [0.15, 0.2) is 0 Å². The zero-order chi connectivity index (χ0) is 12.5. The Morgan fingerprint density at radius 2 is 2.44 bits per heavy atom. The van der Waals surface area contributed by atoms with Gasteiger partial charge in [-0.1, -0.05) is 0 Å². The minimum atomic E-state index is 0.0989. The highest BCUT2D eigenvalue weighted by Gasteiger charge is 2.15. The van der Waals surface area contributed by atoms with E-state index >= 15 is 0 Å². The first-order valence-electron chi connectivity index (χ1n) is 5.75. The van der Waals surface area contributed by atoms with Crippen LogP contribution in [0.25, 0.3) is 0 Å². The standard InChI is InChI=1S/C12H12BrN3OS/c13-9-2-4-18-11(9)6-16-7-15-10-5-14-3-1-8(10)12(16)17/h2,4,7,14H,1,3,5-6H2. The molecular formula is C12H12BrN3OS. The molecule has 0 amide bonds. The van der Waals surface area contributed by atoms with Crippen molar-refractivity contribution in [3.8, 4) is 0 Å². The van der Waals surface area contributed by atoms with Crippen LogP contribution in [0.1, 0.15) is 16.1 Å². The Labute approximate surface area is 117 Å². The summed E-state index contributed by atoms with van der Waals surface area (Å²) in [5, 5.41) is 5.24. The van der Waals surface area contributed by atoms with Gasteiger partial charge in [-0.25, -0.2) is 4.98 Å². The molecule has 0 saturated carbocycles. The molecule has 94 valence electrons. The first-order valence-corrected chi connectivity index (χ1v) is 7.43. The zero-order valence-electron chi connectivity index (χ0n) is 9.65. The minimum absolute atomic E-state index is 0.0989. The Morgan fingerprint density at radius 1 is 1.56 bits per heavy atom. The van der Waals surface area contributed by atoms with Crippen molar-refractivity contribution in [1.29, 1.82) is 0 Å². The van der Waals surface area contributed by atoms with E-state index in [1.807, 2.05) is 11.4 Å². The number of thiophene rings is 1. The topological polar surface area (TPSA) is 46.9 Å². The number of nitrogens with zero attached hydrogens (tertiary/aromatic N) is 2. The van der Waals surface area contributed by atoms with Gasteiger partial charge in [0.05, 0.1) is 18.6 Å². The second-order valence-corrected chi connectivity index (χ2v) is 6.08. The maximum Gasteiger partial charge on any atom is 0.257 e. The highest BCUT2D eigenvalue weighted by Crippen LogP contribution is 2.23. The first-order chi connectivity index (χ1) is 8.75. The third kappa shape index (κ3) is 2.15. The van der Waals surface area contributed by atoms with Crippen molar-refractivity contribution < 1.29 is 0 Å². The highest BCUT2D eigenvalue weighted by atomic mass is 79.9. The van der Waals surface area contributed by atoms with Crippen LogP contribution in [0.15, 0.2) is 27.0 Å². The number of aromatic nitrogens is 2. The number of hydrogen-bond acceptors (Lipinski definition) is 4. The SMILES string of the molecule is O=c1c2c(ncn1Cc1sccc1Br)CNCC2. The number of rotatable bonds is 2. The Morgan fingerprint density at radius 3 is 3.22 bits per heavy atom. The molecule has 1 aliphatic heterocycles.